The van der Waals surface area contributed by atoms with Crippen molar-refractivity contribution in [3.63, 3.8) is 0 Å². The van der Waals surface area contributed by atoms with Gasteiger partial charge in [0, 0.05) is 11.8 Å². The molecule has 0 bridgehead atoms. The van der Waals surface area contributed by atoms with Crippen molar-refractivity contribution in [3.05, 3.63) is 21.5 Å². The summed E-state index contributed by atoms with van der Waals surface area (Å²) in [5.74, 6) is 0. The Morgan fingerprint density at radius 2 is 2.15 bits per heavy atom. The van der Waals surface area contributed by atoms with Crippen LogP contribution in [0.15, 0.2) is 6.20 Å². The number of rotatable bonds is 2. The summed E-state index contributed by atoms with van der Waals surface area (Å²) in [7, 11) is 0. The van der Waals surface area contributed by atoms with Crippen LogP contribution in [0.25, 0.3) is 0 Å². The highest BCUT2D eigenvalue weighted by atomic mass is 127. The molecular weight excluding hydrogens is 282 g/mol. The fourth-order valence-electron chi connectivity index (χ4n) is 0.986. The topological polar surface area (TPSA) is 25.8 Å². The predicted octanol–water partition coefficient (Wildman–Crippen LogP) is 2.91. The molecule has 0 atom stereocenters. The van der Waals surface area contributed by atoms with Gasteiger partial charge in [0.05, 0.1) is 0 Å². The molecule has 13 heavy (non-hydrogen) atoms. The zero-order valence-corrected chi connectivity index (χ0v) is 10.1. The fraction of sp³-hybridized carbons (Fsp3) is 0.556. The number of nitrogens with zero attached hydrogens (tertiary/aromatic N) is 2. The smallest absolute Gasteiger partial charge is 0.210 e. The van der Waals surface area contributed by atoms with Crippen LogP contribution in [0.2, 0.25) is 0 Å². The summed E-state index contributed by atoms with van der Waals surface area (Å²) < 4.78 is 13.3. The number of halogens is 2. The summed E-state index contributed by atoms with van der Waals surface area (Å²) in [4.78, 5) is 7.27. The van der Waals surface area contributed by atoms with Crippen molar-refractivity contribution in [2.45, 2.75) is 32.6 Å². The lowest BCUT2D eigenvalue weighted by Gasteiger charge is -2.23. The Labute approximate surface area is 91.1 Å². The van der Waals surface area contributed by atoms with Crippen LogP contribution in [0.4, 0.5) is 4.39 Å². The first kappa shape index (κ1) is 10.8. The fourth-order valence-corrected chi connectivity index (χ4v) is 2.05. The molecule has 4 heteroatoms. The average molecular weight is 294 g/mol. The van der Waals surface area contributed by atoms with Crippen LogP contribution in [0.5, 0.6) is 0 Å². The maximum atomic E-state index is 12.6. The van der Waals surface area contributed by atoms with E-state index in [9.17, 15) is 4.39 Å². The van der Waals surface area contributed by atoms with Crippen molar-refractivity contribution in [3.8, 4) is 0 Å². The molecule has 2 nitrogen and oxygen atoms in total. The highest BCUT2D eigenvalue weighted by Crippen LogP contribution is 2.28. The zero-order valence-electron chi connectivity index (χ0n) is 7.93. The van der Waals surface area contributed by atoms with Crippen LogP contribution in [0.3, 0.4) is 0 Å². The van der Waals surface area contributed by atoms with E-state index in [1.807, 2.05) is 22.6 Å². The van der Waals surface area contributed by atoms with Gasteiger partial charge in [0.15, 0.2) is 0 Å². The van der Waals surface area contributed by atoms with Gasteiger partial charge in [-0.25, -0.2) is 4.98 Å². The van der Waals surface area contributed by atoms with Gasteiger partial charge >= 0.3 is 6.08 Å². The van der Waals surface area contributed by atoms with E-state index in [0.29, 0.717) is 3.70 Å². The molecule has 1 heterocycles. The summed E-state index contributed by atoms with van der Waals surface area (Å²) in [5, 5.41) is 0. The zero-order chi connectivity index (χ0) is 10.1. The van der Waals surface area contributed by atoms with Crippen LogP contribution in [0, 0.1) is 9.78 Å². The monoisotopic (exact) mass is 294 g/mol. The Hall–Kier alpha value is -0.260. The molecule has 1 aromatic rings. The first-order valence-corrected chi connectivity index (χ1v) is 5.24. The number of aromatic nitrogens is 2. The molecule has 1 aromatic heterocycles. The van der Waals surface area contributed by atoms with Gasteiger partial charge < -0.3 is 0 Å². The van der Waals surface area contributed by atoms with E-state index >= 15 is 0 Å². The van der Waals surface area contributed by atoms with Gasteiger partial charge in [0.25, 0.3) is 0 Å². The third-order valence-electron chi connectivity index (χ3n) is 2.33. The number of hydrogen-bond donors (Lipinski definition) is 0. The van der Waals surface area contributed by atoms with Crippen molar-refractivity contribution >= 4 is 22.6 Å². The molecule has 0 aromatic carbocycles. The molecule has 0 N–H and O–H groups in total. The Morgan fingerprint density at radius 1 is 1.54 bits per heavy atom. The van der Waals surface area contributed by atoms with E-state index in [-0.39, 0.29) is 5.41 Å². The van der Waals surface area contributed by atoms with E-state index in [4.69, 9.17) is 0 Å². The van der Waals surface area contributed by atoms with Gasteiger partial charge in [-0.3, -0.25) is 0 Å². The Morgan fingerprint density at radius 3 is 2.62 bits per heavy atom. The maximum absolute atomic E-state index is 12.6. The van der Waals surface area contributed by atoms with Crippen LogP contribution < -0.4 is 0 Å². The van der Waals surface area contributed by atoms with Crippen LogP contribution in [-0.4, -0.2) is 9.97 Å². The number of hydrogen-bond acceptors (Lipinski definition) is 2. The molecule has 0 aliphatic carbocycles. The van der Waals surface area contributed by atoms with Crippen molar-refractivity contribution in [1.82, 2.24) is 9.97 Å². The maximum Gasteiger partial charge on any atom is 0.309 e. The lowest BCUT2D eigenvalue weighted by molar-refractivity contribution is 0.480. The summed E-state index contributed by atoms with van der Waals surface area (Å²) >= 11 is 2.04. The van der Waals surface area contributed by atoms with E-state index in [1.54, 1.807) is 6.20 Å². The molecule has 0 spiro atoms. The van der Waals surface area contributed by atoms with E-state index in [1.165, 1.54) is 0 Å². The van der Waals surface area contributed by atoms with Gasteiger partial charge in [-0.1, -0.05) is 20.8 Å². The second kappa shape index (κ2) is 3.86. The second-order valence-electron chi connectivity index (χ2n) is 3.58. The summed E-state index contributed by atoms with van der Waals surface area (Å²) in [5.41, 5.74) is 1.03. The third kappa shape index (κ3) is 2.36. The van der Waals surface area contributed by atoms with Crippen LogP contribution in [-0.2, 0) is 5.41 Å². The van der Waals surface area contributed by atoms with Crippen molar-refractivity contribution in [1.29, 1.82) is 0 Å². The van der Waals surface area contributed by atoms with E-state index < -0.39 is 6.08 Å². The van der Waals surface area contributed by atoms with Gasteiger partial charge in [-0.2, -0.15) is 9.37 Å². The average Bonchev–Trinajstić information content (AvgIpc) is 2.03. The highest BCUT2D eigenvalue weighted by Gasteiger charge is 2.22. The lowest BCUT2D eigenvalue weighted by Crippen LogP contribution is -2.18. The Bertz CT molecular complexity index is 312. The SMILES string of the molecule is CCC(C)(C)c1cnc(F)nc1I. The minimum Gasteiger partial charge on any atom is -0.210 e. The largest absolute Gasteiger partial charge is 0.309 e. The molecule has 0 radical (unpaired) electrons. The van der Waals surface area contributed by atoms with Crippen molar-refractivity contribution < 1.29 is 4.39 Å². The molecule has 0 amide bonds. The molecule has 0 fully saturated rings. The van der Waals surface area contributed by atoms with Gasteiger partial charge in [-0.15, -0.1) is 0 Å². The normalized spacial score (nSPS) is 11.8. The lowest BCUT2D eigenvalue weighted by atomic mass is 9.84. The second-order valence-corrected chi connectivity index (χ2v) is 4.60. The van der Waals surface area contributed by atoms with Crippen molar-refractivity contribution in [2.24, 2.45) is 0 Å². The minimum absolute atomic E-state index is 0.0181. The first-order chi connectivity index (χ1) is 5.97. The van der Waals surface area contributed by atoms with Gasteiger partial charge in [0.2, 0.25) is 0 Å². The van der Waals surface area contributed by atoms with E-state index in [0.717, 1.165) is 12.0 Å². The molecule has 0 saturated carbocycles. The minimum atomic E-state index is -0.653. The molecular formula is C9H12FIN2. The highest BCUT2D eigenvalue weighted by molar-refractivity contribution is 14.1. The first-order valence-electron chi connectivity index (χ1n) is 4.16. The van der Waals surface area contributed by atoms with Crippen LogP contribution >= 0.6 is 22.6 Å². The molecule has 0 unspecified atom stereocenters. The molecule has 0 aliphatic rings. The summed E-state index contributed by atoms with van der Waals surface area (Å²) in [6.45, 7) is 6.30. The standard InChI is InChI=1S/C9H12FIN2/c1-4-9(2,3)6-5-12-8(10)13-7(6)11/h5H,4H2,1-3H3. The van der Waals surface area contributed by atoms with Crippen LogP contribution in [0.1, 0.15) is 32.8 Å². The summed E-state index contributed by atoms with van der Waals surface area (Å²) in [6.07, 6.45) is 1.91. The third-order valence-corrected chi connectivity index (χ3v) is 3.15. The van der Waals surface area contributed by atoms with Gasteiger partial charge in [-0.05, 0) is 34.4 Å². The molecule has 0 saturated heterocycles. The summed E-state index contributed by atoms with van der Waals surface area (Å²) in [6, 6.07) is 0. The molecule has 1 rings (SSSR count). The predicted molar refractivity (Wildman–Crippen MR) is 58.0 cm³/mol. The quantitative estimate of drug-likeness (QED) is 0.476. The van der Waals surface area contributed by atoms with Gasteiger partial charge in [0.1, 0.15) is 3.70 Å². The Balaban J connectivity index is 3.16. The van der Waals surface area contributed by atoms with E-state index in [2.05, 4.69) is 30.7 Å². The molecule has 72 valence electrons. The Kier molecular flexibility index (Phi) is 3.21. The van der Waals surface area contributed by atoms with Crippen molar-refractivity contribution in [2.75, 3.05) is 0 Å². The molecule has 0 aliphatic heterocycles.